The van der Waals surface area contributed by atoms with Crippen LogP contribution in [0.3, 0.4) is 0 Å². The van der Waals surface area contributed by atoms with Crippen molar-refractivity contribution in [2.75, 3.05) is 26.2 Å². The number of rotatable bonds is 3. The van der Waals surface area contributed by atoms with Gasteiger partial charge in [-0.25, -0.2) is 0 Å². The van der Waals surface area contributed by atoms with Crippen LogP contribution in [0.5, 0.6) is 0 Å². The Labute approximate surface area is 165 Å². The molecule has 27 heavy (non-hydrogen) atoms. The first-order valence-corrected chi connectivity index (χ1v) is 10.1. The molecule has 0 atom stereocenters. The molecule has 0 unspecified atom stereocenters. The summed E-state index contributed by atoms with van der Waals surface area (Å²) in [4.78, 5) is 16.1. The van der Waals surface area contributed by atoms with Gasteiger partial charge in [-0.2, -0.15) is 0 Å². The zero-order valence-corrected chi connectivity index (χ0v) is 16.5. The van der Waals surface area contributed by atoms with Crippen LogP contribution in [0.15, 0.2) is 24.3 Å². The fraction of sp³-hybridized carbons (Fsp3) is 0.550. The lowest BCUT2D eigenvalue weighted by Crippen LogP contribution is -2.34. The van der Waals surface area contributed by atoms with E-state index in [2.05, 4.69) is 25.7 Å². The van der Waals surface area contributed by atoms with E-state index in [-0.39, 0.29) is 5.91 Å². The average Bonchev–Trinajstić information content (AvgIpc) is 2.93. The second-order valence-corrected chi connectivity index (χ2v) is 8.00. The van der Waals surface area contributed by atoms with Gasteiger partial charge in [-0.05, 0) is 43.6 Å². The molecule has 0 radical (unpaired) electrons. The van der Waals surface area contributed by atoms with E-state index >= 15 is 0 Å². The zero-order chi connectivity index (χ0) is 18.8. The molecule has 3 heterocycles. The van der Waals surface area contributed by atoms with E-state index in [0.29, 0.717) is 5.92 Å². The van der Waals surface area contributed by atoms with Crippen LogP contribution in [-0.4, -0.2) is 56.7 Å². The van der Waals surface area contributed by atoms with Crippen molar-refractivity contribution in [2.24, 2.45) is 0 Å². The fourth-order valence-corrected chi connectivity index (χ4v) is 4.42. The lowest BCUT2D eigenvalue weighted by atomic mass is 9.95. The van der Waals surface area contributed by atoms with Gasteiger partial charge in [-0.15, -0.1) is 10.2 Å². The van der Waals surface area contributed by atoms with Gasteiger partial charge in [-0.1, -0.05) is 23.7 Å². The summed E-state index contributed by atoms with van der Waals surface area (Å²) in [5, 5.41) is 9.76. The van der Waals surface area contributed by atoms with Gasteiger partial charge in [0.25, 0.3) is 0 Å². The summed E-state index contributed by atoms with van der Waals surface area (Å²) < 4.78 is 2.26. The van der Waals surface area contributed by atoms with Crippen LogP contribution in [0.1, 0.15) is 42.9 Å². The molecule has 0 aliphatic carbocycles. The molecule has 4 rings (SSSR count). The van der Waals surface area contributed by atoms with Crippen LogP contribution in [0.25, 0.3) is 0 Å². The van der Waals surface area contributed by atoms with Crippen LogP contribution < -0.4 is 0 Å². The molecule has 1 aromatic carbocycles. The first-order chi connectivity index (χ1) is 13.1. The number of aromatic nitrogens is 3. The summed E-state index contributed by atoms with van der Waals surface area (Å²) in [6, 6.07) is 8.12. The normalized spacial score (nSPS) is 19.0. The summed E-state index contributed by atoms with van der Waals surface area (Å²) in [5.74, 6) is 2.73. The van der Waals surface area contributed by atoms with Crippen molar-refractivity contribution >= 4 is 17.5 Å². The third-order valence-electron chi connectivity index (χ3n) is 5.75. The Balaban J connectivity index is 1.38. The maximum absolute atomic E-state index is 11.7. The lowest BCUT2D eigenvalue weighted by molar-refractivity contribution is -0.128. The van der Waals surface area contributed by atoms with Crippen molar-refractivity contribution in [2.45, 2.75) is 45.2 Å². The molecular weight excluding hydrogens is 362 g/mol. The topological polar surface area (TPSA) is 54.3 Å². The van der Waals surface area contributed by atoms with E-state index in [1.165, 1.54) is 5.56 Å². The molecule has 0 bridgehead atoms. The monoisotopic (exact) mass is 387 g/mol. The number of fused-ring (bicyclic) bond motifs is 1. The van der Waals surface area contributed by atoms with Gasteiger partial charge in [0.2, 0.25) is 5.91 Å². The maximum atomic E-state index is 11.7. The summed E-state index contributed by atoms with van der Waals surface area (Å²) in [7, 11) is 0. The first-order valence-electron chi connectivity index (χ1n) is 9.74. The number of likely N-dealkylation sites (tertiary alicyclic amines) is 1. The van der Waals surface area contributed by atoms with Crippen molar-refractivity contribution in [3.8, 4) is 0 Å². The number of halogens is 1. The molecule has 2 aliphatic heterocycles. The molecule has 6 nitrogen and oxygen atoms in total. The number of amides is 1. The van der Waals surface area contributed by atoms with Gasteiger partial charge in [0, 0.05) is 50.5 Å². The van der Waals surface area contributed by atoms with Crippen LogP contribution in [0.2, 0.25) is 5.02 Å². The second-order valence-electron chi connectivity index (χ2n) is 7.56. The second kappa shape index (κ2) is 7.98. The highest BCUT2D eigenvalue weighted by Crippen LogP contribution is 2.29. The molecule has 0 N–H and O–H groups in total. The van der Waals surface area contributed by atoms with Gasteiger partial charge in [0.1, 0.15) is 11.6 Å². The molecule has 2 aromatic rings. The Morgan fingerprint density at radius 3 is 2.70 bits per heavy atom. The highest BCUT2D eigenvalue weighted by atomic mass is 35.5. The van der Waals surface area contributed by atoms with Crippen LogP contribution in [0.4, 0.5) is 0 Å². The van der Waals surface area contributed by atoms with Gasteiger partial charge < -0.3 is 9.47 Å². The number of piperidine rings is 1. The van der Waals surface area contributed by atoms with Gasteiger partial charge in [0.05, 0.1) is 0 Å². The molecule has 2 aliphatic rings. The molecule has 144 valence electrons. The smallest absolute Gasteiger partial charge is 0.219 e. The SMILES string of the molecule is CC(=O)N1CCc2nnc(C3CCN(Cc4cccc(Cl)c4)CC3)n2CC1. The Hall–Kier alpha value is -1.92. The van der Waals surface area contributed by atoms with E-state index < -0.39 is 0 Å². The van der Waals surface area contributed by atoms with E-state index in [9.17, 15) is 4.79 Å². The van der Waals surface area contributed by atoms with E-state index in [1.807, 2.05) is 23.1 Å². The Bertz CT molecular complexity index is 812. The molecule has 1 aromatic heterocycles. The number of nitrogens with zero attached hydrogens (tertiary/aromatic N) is 5. The summed E-state index contributed by atoms with van der Waals surface area (Å²) >= 11 is 6.10. The Morgan fingerprint density at radius 1 is 1.15 bits per heavy atom. The van der Waals surface area contributed by atoms with Crippen molar-refractivity contribution in [1.82, 2.24) is 24.6 Å². The van der Waals surface area contributed by atoms with Gasteiger partial charge in [0.15, 0.2) is 0 Å². The summed E-state index contributed by atoms with van der Waals surface area (Å²) in [6.45, 7) is 6.99. The lowest BCUT2D eigenvalue weighted by Gasteiger charge is -2.31. The van der Waals surface area contributed by atoms with E-state index in [1.54, 1.807) is 6.92 Å². The average molecular weight is 388 g/mol. The predicted molar refractivity (Wildman–Crippen MR) is 105 cm³/mol. The van der Waals surface area contributed by atoms with Crippen molar-refractivity contribution in [1.29, 1.82) is 0 Å². The standard InChI is InChI=1S/C20H26ClN5O/c1-15(27)25-10-7-19-22-23-20(26(19)12-11-25)17-5-8-24(9-6-17)14-16-3-2-4-18(21)13-16/h2-4,13,17H,5-12,14H2,1H3. The molecule has 7 heteroatoms. The number of hydrogen-bond acceptors (Lipinski definition) is 4. The molecule has 1 amide bonds. The Morgan fingerprint density at radius 2 is 1.96 bits per heavy atom. The molecule has 1 fully saturated rings. The van der Waals surface area contributed by atoms with Crippen LogP contribution >= 0.6 is 11.6 Å². The van der Waals surface area contributed by atoms with E-state index in [4.69, 9.17) is 11.6 Å². The van der Waals surface area contributed by atoms with Gasteiger partial charge in [-0.3, -0.25) is 9.69 Å². The van der Waals surface area contributed by atoms with Crippen molar-refractivity contribution in [3.05, 3.63) is 46.5 Å². The third kappa shape index (κ3) is 4.17. The van der Waals surface area contributed by atoms with Gasteiger partial charge >= 0.3 is 0 Å². The fourth-order valence-electron chi connectivity index (χ4n) is 4.20. The largest absolute Gasteiger partial charge is 0.341 e. The van der Waals surface area contributed by atoms with E-state index in [0.717, 1.165) is 75.2 Å². The minimum Gasteiger partial charge on any atom is -0.341 e. The van der Waals surface area contributed by atoms with Crippen molar-refractivity contribution in [3.63, 3.8) is 0 Å². The molecule has 0 spiro atoms. The number of benzene rings is 1. The highest BCUT2D eigenvalue weighted by Gasteiger charge is 2.27. The number of hydrogen-bond donors (Lipinski definition) is 0. The summed E-state index contributed by atoms with van der Waals surface area (Å²) in [5.41, 5.74) is 1.27. The summed E-state index contributed by atoms with van der Waals surface area (Å²) in [6.07, 6.45) is 2.98. The molecule has 0 saturated carbocycles. The predicted octanol–water partition coefficient (Wildman–Crippen LogP) is 2.72. The quantitative estimate of drug-likeness (QED) is 0.812. The highest BCUT2D eigenvalue weighted by molar-refractivity contribution is 6.30. The zero-order valence-electron chi connectivity index (χ0n) is 15.8. The Kier molecular flexibility index (Phi) is 5.45. The minimum absolute atomic E-state index is 0.143. The minimum atomic E-state index is 0.143. The molecular formula is C20H26ClN5O. The van der Waals surface area contributed by atoms with Crippen LogP contribution in [0, 0.1) is 0 Å². The van der Waals surface area contributed by atoms with Crippen molar-refractivity contribution < 1.29 is 4.79 Å². The third-order valence-corrected chi connectivity index (χ3v) is 5.98. The molecule has 1 saturated heterocycles. The first kappa shape index (κ1) is 18.4. The number of carbonyl (C=O) groups excluding carboxylic acids is 1. The maximum Gasteiger partial charge on any atom is 0.219 e. The van der Waals surface area contributed by atoms with Crippen LogP contribution in [-0.2, 0) is 24.3 Å². The number of carbonyl (C=O) groups is 1.